The molecule has 1 atom stereocenters. The third-order valence-corrected chi connectivity index (χ3v) is 3.99. The van der Waals surface area contributed by atoms with E-state index in [2.05, 4.69) is 5.32 Å². The average Bonchev–Trinajstić information content (AvgIpc) is 3.06. The molecule has 116 valence electrons. The molecular weight excluding hydrogens is 298 g/mol. The molecule has 0 aliphatic carbocycles. The Balaban J connectivity index is 1.94. The van der Waals surface area contributed by atoms with Gasteiger partial charge in [-0.25, -0.2) is 0 Å². The van der Waals surface area contributed by atoms with Gasteiger partial charge >= 0.3 is 0 Å². The Hall–Kier alpha value is -2.11. The monoisotopic (exact) mass is 317 g/mol. The van der Waals surface area contributed by atoms with E-state index < -0.39 is 5.60 Å². The van der Waals surface area contributed by atoms with Gasteiger partial charge in [0.25, 0.3) is 0 Å². The quantitative estimate of drug-likeness (QED) is 0.806. The molecule has 1 aromatic carbocycles. The predicted octanol–water partition coefficient (Wildman–Crippen LogP) is 2.79. The number of benzene rings is 1. The Labute approximate surface area is 134 Å². The van der Waals surface area contributed by atoms with Gasteiger partial charge in [-0.1, -0.05) is 18.2 Å². The fraction of sp³-hybridized carbons (Fsp3) is 0.235. The fourth-order valence-electron chi connectivity index (χ4n) is 1.96. The second kappa shape index (κ2) is 7.24. The van der Waals surface area contributed by atoms with E-state index in [0.717, 1.165) is 11.1 Å². The molecule has 0 aliphatic heterocycles. The Morgan fingerprint density at radius 3 is 2.86 bits per heavy atom. The zero-order valence-corrected chi connectivity index (χ0v) is 13.4. The lowest BCUT2D eigenvalue weighted by atomic mass is 9.99. The van der Waals surface area contributed by atoms with Gasteiger partial charge in [0.05, 0.1) is 13.7 Å². The first kappa shape index (κ1) is 16.3. The highest BCUT2D eigenvalue weighted by Gasteiger charge is 2.23. The lowest BCUT2D eigenvalue weighted by Crippen LogP contribution is -2.37. The largest absolute Gasteiger partial charge is 0.496 e. The number of ether oxygens (including phenoxy) is 1. The first-order chi connectivity index (χ1) is 10.5. The van der Waals surface area contributed by atoms with E-state index in [-0.39, 0.29) is 12.5 Å². The van der Waals surface area contributed by atoms with Crippen molar-refractivity contribution in [1.82, 2.24) is 5.32 Å². The molecule has 5 heteroatoms. The summed E-state index contributed by atoms with van der Waals surface area (Å²) in [6.07, 6.45) is 3.12. The van der Waals surface area contributed by atoms with E-state index in [1.165, 1.54) is 17.4 Å². The summed E-state index contributed by atoms with van der Waals surface area (Å²) in [4.78, 5) is 11.9. The summed E-state index contributed by atoms with van der Waals surface area (Å²) in [7, 11) is 1.59. The molecule has 1 heterocycles. The van der Waals surface area contributed by atoms with Crippen LogP contribution in [0.3, 0.4) is 0 Å². The molecule has 2 aromatic rings. The van der Waals surface area contributed by atoms with E-state index in [9.17, 15) is 9.90 Å². The molecule has 22 heavy (non-hydrogen) atoms. The Morgan fingerprint density at radius 2 is 2.18 bits per heavy atom. The maximum atomic E-state index is 11.9. The minimum atomic E-state index is -1.08. The maximum absolute atomic E-state index is 11.9. The van der Waals surface area contributed by atoms with Crippen molar-refractivity contribution >= 4 is 23.3 Å². The molecule has 1 amide bonds. The van der Waals surface area contributed by atoms with Crippen molar-refractivity contribution in [3.05, 3.63) is 58.3 Å². The third kappa shape index (κ3) is 4.19. The van der Waals surface area contributed by atoms with Crippen molar-refractivity contribution in [2.24, 2.45) is 0 Å². The van der Waals surface area contributed by atoms with Crippen LogP contribution in [0.5, 0.6) is 5.75 Å². The highest BCUT2D eigenvalue weighted by Crippen LogP contribution is 2.22. The number of methoxy groups -OCH3 is 1. The average molecular weight is 317 g/mol. The van der Waals surface area contributed by atoms with Gasteiger partial charge in [-0.3, -0.25) is 4.79 Å². The standard InChI is InChI=1S/C17H19NO3S/c1-17(20,14-9-10-22-11-14)12-18-16(19)8-7-13-5-3-4-6-15(13)21-2/h3-11,20H,12H2,1-2H3,(H,18,19)/b8-7+/t17-/m0/s1. The van der Waals surface area contributed by atoms with Crippen LogP contribution in [0.25, 0.3) is 6.08 Å². The van der Waals surface area contributed by atoms with Crippen LogP contribution in [0.2, 0.25) is 0 Å². The molecule has 0 fully saturated rings. The number of hydrogen-bond donors (Lipinski definition) is 2. The van der Waals surface area contributed by atoms with Crippen molar-refractivity contribution in [3.63, 3.8) is 0 Å². The summed E-state index contributed by atoms with van der Waals surface area (Å²) < 4.78 is 5.22. The van der Waals surface area contributed by atoms with Crippen molar-refractivity contribution in [2.45, 2.75) is 12.5 Å². The molecule has 0 saturated carbocycles. The molecule has 0 radical (unpaired) electrons. The van der Waals surface area contributed by atoms with E-state index in [1.54, 1.807) is 20.1 Å². The highest BCUT2D eigenvalue weighted by molar-refractivity contribution is 7.08. The normalized spacial score (nSPS) is 13.8. The van der Waals surface area contributed by atoms with Crippen LogP contribution in [-0.4, -0.2) is 24.7 Å². The molecular formula is C17H19NO3S. The minimum Gasteiger partial charge on any atom is -0.496 e. The van der Waals surface area contributed by atoms with Crippen LogP contribution < -0.4 is 10.1 Å². The van der Waals surface area contributed by atoms with Crippen LogP contribution in [0.1, 0.15) is 18.1 Å². The van der Waals surface area contributed by atoms with Gasteiger partial charge in [-0.2, -0.15) is 11.3 Å². The van der Waals surface area contributed by atoms with E-state index in [4.69, 9.17) is 4.74 Å². The summed E-state index contributed by atoms with van der Waals surface area (Å²) >= 11 is 1.51. The van der Waals surface area contributed by atoms with Crippen molar-refractivity contribution in [1.29, 1.82) is 0 Å². The maximum Gasteiger partial charge on any atom is 0.244 e. The lowest BCUT2D eigenvalue weighted by Gasteiger charge is -2.22. The number of carbonyl (C=O) groups excluding carboxylic acids is 1. The van der Waals surface area contributed by atoms with Gasteiger partial charge in [0.2, 0.25) is 5.91 Å². The predicted molar refractivity (Wildman–Crippen MR) is 88.9 cm³/mol. The zero-order chi connectivity index (χ0) is 16.0. The zero-order valence-electron chi connectivity index (χ0n) is 12.6. The molecule has 0 saturated heterocycles. The number of aliphatic hydroxyl groups is 1. The van der Waals surface area contributed by atoms with E-state index >= 15 is 0 Å². The number of hydrogen-bond acceptors (Lipinski definition) is 4. The molecule has 2 N–H and O–H groups in total. The number of rotatable bonds is 6. The third-order valence-electron chi connectivity index (χ3n) is 3.30. The lowest BCUT2D eigenvalue weighted by molar-refractivity contribution is -0.117. The van der Waals surface area contributed by atoms with Crippen LogP contribution in [0.4, 0.5) is 0 Å². The minimum absolute atomic E-state index is 0.152. The number of thiophene rings is 1. The summed E-state index contributed by atoms with van der Waals surface area (Å²) in [5.41, 5.74) is 0.546. The van der Waals surface area contributed by atoms with Crippen molar-refractivity contribution in [3.8, 4) is 5.75 Å². The second-order valence-electron chi connectivity index (χ2n) is 5.08. The SMILES string of the molecule is COc1ccccc1/C=C/C(=O)NC[C@](C)(O)c1ccsc1. The summed E-state index contributed by atoms with van der Waals surface area (Å²) in [6.45, 7) is 1.83. The van der Waals surface area contributed by atoms with Gasteiger partial charge in [0.1, 0.15) is 11.4 Å². The highest BCUT2D eigenvalue weighted by atomic mass is 32.1. The molecule has 0 bridgehead atoms. The van der Waals surface area contributed by atoms with Crippen LogP contribution in [0, 0.1) is 0 Å². The summed E-state index contributed by atoms with van der Waals surface area (Å²) in [5, 5.41) is 16.8. The Morgan fingerprint density at radius 1 is 1.41 bits per heavy atom. The van der Waals surface area contributed by atoms with Gasteiger partial charge in [-0.05, 0) is 41.5 Å². The van der Waals surface area contributed by atoms with E-state index in [0.29, 0.717) is 5.75 Å². The van der Waals surface area contributed by atoms with Crippen LogP contribution >= 0.6 is 11.3 Å². The van der Waals surface area contributed by atoms with Crippen LogP contribution in [0.15, 0.2) is 47.2 Å². The van der Waals surface area contributed by atoms with Crippen molar-refractivity contribution in [2.75, 3.05) is 13.7 Å². The topological polar surface area (TPSA) is 58.6 Å². The first-order valence-electron chi connectivity index (χ1n) is 6.87. The van der Waals surface area contributed by atoms with Crippen LogP contribution in [-0.2, 0) is 10.4 Å². The van der Waals surface area contributed by atoms with Gasteiger partial charge in [0.15, 0.2) is 0 Å². The Bertz CT molecular complexity index is 648. The van der Waals surface area contributed by atoms with Gasteiger partial charge in [0, 0.05) is 11.6 Å². The number of para-hydroxylation sites is 1. The van der Waals surface area contributed by atoms with Gasteiger partial charge in [-0.15, -0.1) is 0 Å². The Kier molecular flexibility index (Phi) is 5.35. The molecule has 0 spiro atoms. The van der Waals surface area contributed by atoms with Gasteiger partial charge < -0.3 is 15.2 Å². The number of amides is 1. The molecule has 4 nitrogen and oxygen atoms in total. The first-order valence-corrected chi connectivity index (χ1v) is 7.81. The number of nitrogens with one attached hydrogen (secondary N) is 1. The molecule has 0 aliphatic rings. The summed E-state index contributed by atoms with van der Waals surface area (Å²) in [6, 6.07) is 9.29. The summed E-state index contributed by atoms with van der Waals surface area (Å²) in [5.74, 6) is 0.443. The molecule has 1 aromatic heterocycles. The molecule has 0 unspecified atom stereocenters. The molecule has 2 rings (SSSR count). The fourth-order valence-corrected chi connectivity index (χ4v) is 2.74. The second-order valence-corrected chi connectivity index (χ2v) is 5.86. The van der Waals surface area contributed by atoms with E-state index in [1.807, 2.05) is 41.1 Å². The number of carbonyl (C=O) groups is 1. The van der Waals surface area contributed by atoms with Crippen molar-refractivity contribution < 1.29 is 14.6 Å². The smallest absolute Gasteiger partial charge is 0.244 e.